The second-order valence-corrected chi connectivity index (χ2v) is 7.73. The Hall–Kier alpha value is -0.0800. The summed E-state index contributed by atoms with van der Waals surface area (Å²) >= 11 is 0. The van der Waals surface area contributed by atoms with Crippen molar-refractivity contribution in [2.24, 2.45) is 17.3 Å². The predicted molar refractivity (Wildman–Crippen MR) is 78.8 cm³/mol. The van der Waals surface area contributed by atoms with E-state index in [1.807, 2.05) is 0 Å². The van der Waals surface area contributed by atoms with Crippen molar-refractivity contribution in [1.82, 2.24) is 10.2 Å². The molecule has 0 aromatic rings. The molecule has 0 aromatic heterocycles. The van der Waals surface area contributed by atoms with Gasteiger partial charge in [0.2, 0.25) is 0 Å². The van der Waals surface area contributed by atoms with E-state index in [4.69, 9.17) is 0 Å². The topological polar surface area (TPSA) is 15.3 Å². The van der Waals surface area contributed by atoms with E-state index in [0.717, 1.165) is 23.9 Å². The molecule has 1 saturated heterocycles. The minimum Gasteiger partial charge on any atom is -0.315 e. The number of hydrogen-bond acceptors (Lipinski definition) is 2. The van der Waals surface area contributed by atoms with Crippen LogP contribution in [0.1, 0.15) is 53.4 Å². The Kier molecular flexibility index (Phi) is 4.38. The molecule has 1 heterocycles. The van der Waals surface area contributed by atoms with E-state index in [-0.39, 0.29) is 0 Å². The van der Waals surface area contributed by atoms with E-state index < -0.39 is 0 Å². The third-order valence-corrected chi connectivity index (χ3v) is 5.36. The van der Waals surface area contributed by atoms with Crippen molar-refractivity contribution in [3.63, 3.8) is 0 Å². The highest BCUT2D eigenvalue weighted by Gasteiger charge is 2.38. The molecule has 106 valence electrons. The van der Waals surface area contributed by atoms with Gasteiger partial charge < -0.3 is 5.32 Å². The lowest BCUT2D eigenvalue weighted by atomic mass is 9.80. The van der Waals surface area contributed by atoms with Crippen molar-refractivity contribution in [2.45, 2.75) is 65.5 Å². The van der Waals surface area contributed by atoms with Crippen LogP contribution in [0.2, 0.25) is 0 Å². The number of hydrogen-bond donors (Lipinski definition) is 1. The molecule has 4 unspecified atom stereocenters. The van der Waals surface area contributed by atoms with Crippen LogP contribution in [0.5, 0.6) is 0 Å². The number of likely N-dealkylation sites (tertiary alicyclic amines) is 1. The van der Waals surface area contributed by atoms with Crippen molar-refractivity contribution in [3.05, 3.63) is 0 Å². The van der Waals surface area contributed by atoms with E-state index in [9.17, 15) is 0 Å². The average Bonchev–Trinajstić information content (AvgIpc) is 2.77. The molecule has 2 nitrogen and oxygen atoms in total. The van der Waals surface area contributed by atoms with Gasteiger partial charge in [-0.25, -0.2) is 0 Å². The lowest BCUT2D eigenvalue weighted by molar-refractivity contribution is 0.114. The summed E-state index contributed by atoms with van der Waals surface area (Å²) in [6.07, 6.45) is 5.55. The largest absolute Gasteiger partial charge is 0.315 e. The molecule has 2 fully saturated rings. The molecule has 0 spiro atoms. The van der Waals surface area contributed by atoms with Gasteiger partial charge in [0, 0.05) is 18.6 Å². The maximum Gasteiger partial charge on any atom is 0.0251 e. The minimum atomic E-state index is 0.476. The minimum absolute atomic E-state index is 0.476. The van der Waals surface area contributed by atoms with Crippen molar-refractivity contribution < 1.29 is 0 Å². The van der Waals surface area contributed by atoms with E-state index >= 15 is 0 Å². The van der Waals surface area contributed by atoms with Crippen LogP contribution in [0.25, 0.3) is 0 Å². The molecule has 2 heteroatoms. The predicted octanol–water partition coefficient (Wildman–Crippen LogP) is 3.13. The highest BCUT2D eigenvalue weighted by Crippen LogP contribution is 2.37. The highest BCUT2D eigenvalue weighted by atomic mass is 15.2. The van der Waals surface area contributed by atoms with Crippen molar-refractivity contribution in [3.8, 4) is 0 Å². The number of nitrogens with one attached hydrogen (secondary N) is 1. The second-order valence-electron chi connectivity index (χ2n) is 7.73. The molecule has 0 amide bonds. The van der Waals surface area contributed by atoms with Gasteiger partial charge in [0.25, 0.3) is 0 Å². The second kappa shape index (κ2) is 5.50. The number of rotatable bonds is 2. The summed E-state index contributed by atoms with van der Waals surface area (Å²) in [4.78, 5) is 2.78. The van der Waals surface area contributed by atoms with Crippen LogP contribution in [-0.4, -0.2) is 37.1 Å². The van der Waals surface area contributed by atoms with Gasteiger partial charge in [-0.15, -0.1) is 0 Å². The van der Waals surface area contributed by atoms with Crippen LogP contribution in [0, 0.1) is 17.3 Å². The molecule has 2 rings (SSSR count). The Morgan fingerprint density at radius 2 is 1.83 bits per heavy atom. The molecular weight excluding hydrogens is 220 g/mol. The first-order valence-corrected chi connectivity index (χ1v) is 7.83. The summed E-state index contributed by atoms with van der Waals surface area (Å²) in [6, 6.07) is 1.51. The van der Waals surface area contributed by atoms with Gasteiger partial charge in [-0.05, 0) is 56.5 Å². The summed E-state index contributed by atoms with van der Waals surface area (Å²) in [5, 5.41) is 3.56. The molecule has 18 heavy (non-hydrogen) atoms. The molecule has 2 aliphatic rings. The monoisotopic (exact) mass is 252 g/mol. The highest BCUT2D eigenvalue weighted by molar-refractivity contribution is 4.94. The van der Waals surface area contributed by atoms with E-state index in [1.54, 1.807) is 0 Å². The number of likely N-dealkylation sites (N-methyl/N-ethyl adjacent to an activating group) is 1. The first-order chi connectivity index (χ1) is 8.41. The first kappa shape index (κ1) is 14.3. The third-order valence-electron chi connectivity index (χ3n) is 5.36. The molecule has 1 N–H and O–H groups in total. The Morgan fingerprint density at radius 3 is 2.39 bits per heavy atom. The summed E-state index contributed by atoms with van der Waals surface area (Å²) in [5.41, 5.74) is 0.476. The van der Waals surface area contributed by atoms with Crippen LogP contribution < -0.4 is 5.32 Å². The SMILES string of the molecule is CNC1CCC(C)CC1N1CCC(C(C)(C)C)C1. The molecular formula is C16H32N2. The lowest BCUT2D eigenvalue weighted by Gasteiger charge is -2.41. The lowest BCUT2D eigenvalue weighted by Crippen LogP contribution is -2.51. The van der Waals surface area contributed by atoms with Gasteiger partial charge in [0.1, 0.15) is 0 Å². The summed E-state index contributed by atoms with van der Waals surface area (Å²) < 4.78 is 0. The zero-order chi connectivity index (χ0) is 13.3. The van der Waals surface area contributed by atoms with Crippen LogP contribution >= 0.6 is 0 Å². The molecule has 1 saturated carbocycles. The van der Waals surface area contributed by atoms with Gasteiger partial charge in [0.05, 0.1) is 0 Å². The fraction of sp³-hybridized carbons (Fsp3) is 1.00. The molecule has 1 aliphatic carbocycles. The summed E-state index contributed by atoms with van der Waals surface area (Å²) in [5.74, 6) is 1.79. The van der Waals surface area contributed by atoms with Crippen LogP contribution in [0.4, 0.5) is 0 Å². The van der Waals surface area contributed by atoms with Gasteiger partial charge in [-0.3, -0.25) is 4.90 Å². The average molecular weight is 252 g/mol. The zero-order valence-corrected chi connectivity index (χ0v) is 13.0. The van der Waals surface area contributed by atoms with E-state index in [0.29, 0.717) is 5.41 Å². The molecule has 0 bridgehead atoms. The molecule has 1 aliphatic heterocycles. The van der Waals surface area contributed by atoms with Crippen molar-refractivity contribution >= 4 is 0 Å². The smallest absolute Gasteiger partial charge is 0.0251 e. The van der Waals surface area contributed by atoms with Crippen LogP contribution in [0.3, 0.4) is 0 Å². The normalized spacial score (nSPS) is 39.2. The number of nitrogens with zero attached hydrogens (tertiary/aromatic N) is 1. The summed E-state index contributed by atoms with van der Waals surface area (Å²) in [7, 11) is 2.14. The third kappa shape index (κ3) is 3.08. The van der Waals surface area contributed by atoms with E-state index in [2.05, 4.69) is 45.0 Å². The Balaban J connectivity index is 1.98. The maximum atomic E-state index is 3.56. The quantitative estimate of drug-likeness (QED) is 0.812. The van der Waals surface area contributed by atoms with Gasteiger partial charge in [0.15, 0.2) is 0 Å². The van der Waals surface area contributed by atoms with Crippen molar-refractivity contribution in [2.75, 3.05) is 20.1 Å². The van der Waals surface area contributed by atoms with Crippen LogP contribution in [-0.2, 0) is 0 Å². The first-order valence-electron chi connectivity index (χ1n) is 7.83. The molecule has 4 atom stereocenters. The van der Waals surface area contributed by atoms with Gasteiger partial charge >= 0.3 is 0 Å². The standard InChI is InChI=1S/C16H32N2/c1-12-6-7-14(17-5)15(10-12)18-9-8-13(11-18)16(2,3)4/h12-15,17H,6-11H2,1-5H3. The fourth-order valence-corrected chi connectivity index (χ4v) is 3.89. The Morgan fingerprint density at radius 1 is 1.11 bits per heavy atom. The van der Waals surface area contributed by atoms with Crippen LogP contribution in [0.15, 0.2) is 0 Å². The van der Waals surface area contributed by atoms with Gasteiger partial charge in [-0.1, -0.05) is 27.7 Å². The summed E-state index contributed by atoms with van der Waals surface area (Å²) in [6.45, 7) is 12.3. The Bertz CT molecular complexity index is 269. The van der Waals surface area contributed by atoms with E-state index in [1.165, 1.54) is 38.8 Å². The molecule has 0 radical (unpaired) electrons. The zero-order valence-electron chi connectivity index (χ0n) is 13.0. The molecule has 0 aromatic carbocycles. The van der Waals surface area contributed by atoms with Crippen molar-refractivity contribution in [1.29, 1.82) is 0 Å². The Labute approximate surface area is 114 Å². The maximum absolute atomic E-state index is 3.56. The fourth-order valence-electron chi connectivity index (χ4n) is 3.89. The van der Waals surface area contributed by atoms with Gasteiger partial charge in [-0.2, -0.15) is 0 Å².